The summed E-state index contributed by atoms with van der Waals surface area (Å²) in [6.45, 7) is 2.20. The van der Waals surface area contributed by atoms with Crippen molar-refractivity contribution in [1.82, 2.24) is 15.2 Å². The molecule has 0 spiro atoms. The van der Waals surface area contributed by atoms with Crippen molar-refractivity contribution in [3.63, 3.8) is 0 Å². The summed E-state index contributed by atoms with van der Waals surface area (Å²) < 4.78 is 5.82. The highest BCUT2D eigenvalue weighted by molar-refractivity contribution is 6.25. The van der Waals surface area contributed by atoms with E-state index in [2.05, 4.69) is 15.6 Å². The number of oxazole rings is 1. The molecular weight excluding hydrogens is 424 g/mol. The minimum absolute atomic E-state index is 0.0718. The van der Waals surface area contributed by atoms with Crippen molar-refractivity contribution in [2.24, 2.45) is 0 Å². The first-order valence-electron chi connectivity index (χ1n) is 10.5. The Labute approximate surface area is 188 Å². The summed E-state index contributed by atoms with van der Waals surface area (Å²) in [4.78, 5) is 55.0. The van der Waals surface area contributed by atoms with Gasteiger partial charge in [0.1, 0.15) is 6.04 Å². The summed E-state index contributed by atoms with van der Waals surface area (Å²) in [6, 6.07) is 11.8. The van der Waals surface area contributed by atoms with Crippen molar-refractivity contribution in [3.8, 4) is 11.3 Å². The predicted octanol–water partition coefficient (Wildman–Crippen LogP) is 2.66. The number of nitrogens with zero attached hydrogens (tertiary/aromatic N) is 2. The van der Waals surface area contributed by atoms with Gasteiger partial charge in [-0.25, -0.2) is 4.98 Å². The fraction of sp³-hybridized carbons (Fsp3) is 0.208. The Morgan fingerprint density at radius 3 is 2.64 bits per heavy atom. The standard InChI is InChI=1S/C24H20N4O5/c1-13-5-7-14(8-6-13)18-11-26-20(33-18)12-25-16-4-2-3-15-21(16)24(32)28(23(15)31)17-9-10-19(29)27-22(17)30/h2-8,11,17,25H,9-10,12H2,1H3,(H,27,29,30). The number of carbonyl (C=O) groups is 4. The van der Waals surface area contributed by atoms with E-state index in [-0.39, 0.29) is 30.5 Å². The quantitative estimate of drug-likeness (QED) is 0.580. The third-order valence-corrected chi connectivity index (χ3v) is 5.79. The maximum atomic E-state index is 13.1. The molecule has 0 bridgehead atoms. The van der Waals surface area contributed by atoms with Gasteiger partial charge in [0.25, 0.3) is 11.8 Å². The lowest BCUT2D eigenvalue weighted by Crippen LogP contribution is -2.54. The summed E-state index contributed by atoms with van der Waals surface area (Å²) in [5, 5.41) is 5.31. The Kier molecular flexibility index (Phi) is 5.01. The van der Waals surface area contributed by atoms with E-state index in [1.54, 1.807) is 24.4 Å². The first-order valence-corrected chi connectivity index (χ1v) is 10.5. The molecule has 4 amide bonds. The second kappa shape index (κ2) is 8.01. The lowest BCUT2D eigenvalue weighted by atomic mass is 10.0. The van der Waals surface area contributed by atoms with Gasteiger partial charge in [-0.15, -0.1) is 0 Å². The van der Waals surface area contributed by atoms with Gasteiger partial charge in [0.2, 0.25) is 17.7 Å². The number of rotatable bonds is 5. The number of hydrogen-bond donors (Lipinski definition) is 2. The number of aromatic nitrogens is 1. The number of benzene rings is 2. The van der Waals surface area contributed by atoms with Gasteiger partial charge < -0.3 is 9.73 Å². The minimum atomic E-state index is -1.01. The van der Waals surface area contributed by atoms with Crippen LogP contribution in [0.3, 0.4) is 0 Å². The van der Waals surface area contributed by atoms with Crippen molar-refractivity contribution in [1.29, 1.82) is 0 Å². The van der Waals surface area contributed by atoms with E-state index in [1.807, 2.05) is 31.2 Å². The number of nitrogens with one attached hydrogen (secondary N) is 2. The molecule has 0 radical (unpaired) electrons. The molecule has 1 atom stereocenters. The smallest absolute Gasteiger partial charge is 0.264 e. The molecule has 2 aliphatic heterocycles. The maximum absolute atomic E-state index is 13.1. The molecule has 1 aromatic heterocycles. The zero-order valence-electron chi connectivity index (χ0n) is 17.8. The third kappa shape index (κ3) is 3.67. The van der Waals surface area contributed by atoms with Crippen LogP contribution in [0.25, 0.3) is 11.3 Å². The minimum Gasteiger partial charge on any atom is -0.439 e. The number of hydrogen-bond acceptors (Lipinski definition) is 7. The Balaban J connectivity index is 1.35. The molecule has 3 aromatic rings. The normalized spacial score (nSPS) is 17.8. The molecule has 3 heterocycles. The summed E-state index contributed by atoms with van der Waals surface area (Å²) in [7, 11) is 0. The van der Waals surface area contributed by atoms with Crippen molar-refractivity contribution in [3.05, 3.63) is 71.2 Å². The van der Waals surface area contributed by atoms with Crippen LogP contribution in [-0.2, 0) is 16.1 Å². The second-order valence-electron chi connectivity index (χ2n) is 8.01. The molecule has 9 nitrogen and oxygen atoms in total. The van der Waals surface area contributed by atoms with Crippen LogP contribution in [0.4, 0.5) is 5.69 Å². The molecule has 1 fully saturated rings. The van der Waals surface area contributed by atoms with Crippen LogP contribution in [0.15, 0.2) is 53.1 Å². The van der Waals surface area contributed by atoms with Crippen molar-refractivity contribution >= 4 is 29.3 Å². The van der Waals surface area contributed by atoms with E-state index in [9.17, 15) is 19.2 Å². The molecule has 2 aliphatic rings. The monoisotopic (exact) mass is 444 g/mol. The van der Waals surface area contributed by atoms with Gasteiger partial charge in [0.05, 0.1) is 23.9 Å². The first kappa shape index (κ1) is 20.6. The van der Waals surface area contributed by atoms with Gasteiger partial charge in [0.15, 0.2) is 5.76 Å². The molecule has 33 heavy (non-hydrogen) atoms. The van der Waals surface area contributed by atoms with E-state index < -0.39 is 29.7 Å². The number of carbonyl (C=O) groups excluding carboxylic acids is 4. The van der Waals surface area contributed by atoms with E-state index in [0.29, 0.717) is 17.3 Å². The molecule has 1 saturated heterocycles. The number of amides is 4. The lowest BCUT2D eigenvalue weighted by Gasteiger charge is -2.27. The number of imide groups is 2. The Hall–Kier alpha value is -4.27. The first-order chi connectivity index (χ1) is 15.9. The second-order valence-corrected chi connectivity index (χ2v) is 8.01. The summed E-state index contributed by atoms with van der Waals surface area (Å²) >= 11 is 0. The Morgan fingerprint density at radius 1 is 1.09 bits per heavy atom. The average Bonchev–Trinajstić information content (AvgIpc) is 3.37. The molecule has 5 rings (SSSR count). The molecule has 2 N–H and O–H groups in total. The molecule has 0 aliphatic carbocycles. The highest BCUT2D eigenvalue weighted by Crippen LogP contribution is 2.32. The van der Waals surface area contributed by atoms with Crippen molar-refractivity contribution < 1.29 is 23.6 Å². The lowest BCUT2D eigenvalue weighted by molar-refractivity contribution is -0.136. The molecule has 0 saturated carbocycles. The number of aryl methyl sites for hydroxylation is 1. The van der Waals surface area contributed by atoms with Crippen LogP contribution in [-0.4, -0.2) is 39.6 Å². The SMILES string of the molecule is Cc1ccc(-c2cnc(CNc3cccc4c3C(=O)N(C3CCC(=O)NC3=O)C4=O)o2)cc1. The van der Waals surface area contributed by atoms with E-state index in [1.165, 1.54) is 0 Å². The number of anilines is 1. The Bertz CT molecular complexity index is 1290. The third-order valence-electron chi connectivity index (χ3n) is 5.79. The van der Waals surface area contributed by atoms with Gasteiger partial charge in [0, 0.05) is 17.7 Å². The fourth-order valence-electron chi connectivity index (χ4n) is 4.08. The van der Waals surface area contributed by atoms with Crippen LogP contribution < -0.4 is 10.6 Å². The van der Waals surface area contributed by atoms with Crippen LogP contribution in [0, 0.1) is 6.92 Å². The van der Waals surface area contributed by atoms with Crippen LogP contribution in [0.2, 0.25) is 0 Å². The number of fused-ring (bicyclic) bond motifs is 1. The largest absolute Gasteiger partial charge is 0.439 e. The number of piperidine rings is 1. The van der Waals surface area contributed by atoms with Gasteiger partial charge in [-0.2, -0.15) is 0 Å². The van der Waals surface area contributed by atoms with Crippen LogP contribution in [0.1, 0.15) is 45.0 Å². The molecule has 1 unspecified atom stereocenters. The fourth-order valence-corrected chi connectivity index (χ4v) is 4.08. The van der Waals surface area contributed by atoms with Gasteiger partial charge in [-0.1, -0.05) is 35.9 Å². The van der Waals surface area contributed by atoms with E-state index in [0.717, 1.165) is 16.0 Å². The van der Waals surface area contributed by atoms with Crippen molar-refractivity contribution in [2.45, 2.75) is 32.4 Å². The van der Waals surface area contributed by atoms with Gasteiger partial charge in [-0.3, -0.25) is 29.4 Å². The molecule has 9 heteroatoms. The summed E-state index contributed by atoms with van der Waals surface area (Å²) in [5.41, 5.74) is 2.89. The maximum Gasteiger partial charge on any atom is 0.264 e. The highest BCUT2D eigenvalue weighted by atomic mass is 16.4. The van der Waals surface area contributed by atoms with Gasteiger partial charge >= 0.3 is 0 Å². The van der Waals surface area contributed by atoms with Gasteiger partial charge in [-0.05, 0) is 25.5 Å². The van der Waals surface area contributed by atoms with E-state index in [4.69, 9.17) is 4.42 Å². The van der Waals surface area contributed by atoms with Crippen LogP contribution in [0.5, 0.6) is 0 Å². The predicted molar refractivity (Wildman–Crippen MR) is 117 cm³/mol. The Morgan fingerprint density at radius 2 is 1.88 bits per heavy atom. The van der Waals surface area contributed by atoms with E-state index >= 15 is 0 Å². The zero-order valence-corrected chi connectivity index (χ0v) is 17.8. The summed E-state index contributed by atoms with van der Waals surface area (Å²) in [6.07, 6.45) is 1.82. The summed E-state index contributed by atoms with van der Waals surface area (Å²) in [5.74, 6) is -1.13. The zero-order chi connectivity index (χ0) is 23.1. The molecule has 2 aromatic carbocycles. The topological polar surface area (TPSA) is 122 Å². The molecular formula is C24H20N4O5. The van der Waals surface area contributed by atoms with Crippen LogP contribution >= 0.6 is 0 Å². The highest BCUT2D eigenvalue weighted by Gasteiger charge is 2.45. The average molecular weight is 444 g/mol. The van der Waals surface area contributed by atoms with Crippen molar-refractivity contribution in [2.75, 3.05) is 5.32 Å². The molecule has 166 valence electrons.